The van der Waals surface area contributed by atoms with Crippen LogP contribution in [-0.2, 0) is 10.0 Å². The van der Waals surface area contributed by atoms with Gasteiger partial charge in [-0.1, -0.05) is 19.1 Å². The fourth-order valence-corrected chi connectivity index (χ4v) is 5.67. The smallest absolute Gasteiger partial charge is 0.257 e. The minimum atomic E-state index is -3.62. The van der Waals surface area contributed by atoms with Gasteiger partial charge in [-0.2, -0.15) is 4.31 Å². The fraction of sp³-hybridized carbons (Fsp3) is 0.333. The number of likely N-dealkylation sites (N-methyl/N-ethyl adjacent to an activating group) is 1. The van der Waals surface area contributed by atoms with E-state index in [2.05, 4.69) is 22.1 Å². The van der Waals surface area contributed by atoms with Crippen molar-refractivity contribution in [2.45, 2.75) is 25.7 Å². The van der Waals surface area contributed by atoms with Gasteiger partial charge in [0.05, 0.1) is 10.5 Å². The number of amides is 1. The van der Waals surface area contributed by atoms with Gasteiger partial charge in [-0.25, -0.2) is 13.4 Å². The number of aryl methyl sites for hydroxylation is 1. The summed E-state index contributed by atoms with van der Waals surface area (Å²) in [6.45, 7) is 9.15. The molecule has 0 unspecified atom stereocenters. The third-order valence-electron chi connectivity index (χ3n) is 6.06. The summed E-state index contributed by atoms with van der Waals surface area (Å²) in [6, 6.07) is 13.9. The normalized spacial score (nSPS) is 15.5. The number of carbonyl (C=O) groups excluding carboxylic acids is 1. The average Bonchev–Trinajstić information content (AvgIpc) is 3.13. The molecule has 0 bridgehead atoms. The van der Waals surface area contributed by atoms with Crippen molar-refractivity contribution in [3.05, 3.63) is 71.7 Å². The van der Waals surface area contributed by atoms with Crippen molar-refractivity contribution in [2.24, 2.45) is 0 Å². The summed E-state index contributed by atoms with van der Waals surface area (Å²) < 4.78 is 29.7. The van der Waals surface area contributed by atoms with E-state index in [9.17, 15) is 13.2 Å². The molecule has 0 radical (unpaired) electrons. The first kappa shape index (κ1) is 23.2. The molecule has 1 aliphatic rings. The van der Waals surface area contributed by atoms with E-state index < -0.39 is 10.0 Å². The first-order valence-electron chi connectivity index (χ1n) is 11.1. The molecule has 1 N–H and O–H groups in total. The summed E-state index contributed by atoms with van der Waals surface area (Å²) in [7, 11) is -3.62. The standard InChI is InChI=1S/C24H29N5O3S/c1-4-27-12-14-28(15-13-27)33(31,32)21-9-7-8-20(17-21)26-24(30)22-16-18(2)29(19(22)3)23-10-5-6-11-25-23/h5-11,16-17H,4,12-15H2,1-3H3,(H,26,30). The highest BCUT2D eigenvalue weighted by molar-refractivity contribution is 7.89. The molecular formula is C24H29N5O3S. The lowest BCUT2D eigenvalue weighted by Gasteiger charge is -2.33. The quantitative estimate of drug-likeness (QED) is 0.602. The summed E-state index contributed by atoms with van der Waals surface area (Å²) in [6.07, 6.45) is 1.71. The van der Waals surface area contributed by atoms with Crippen LogP contribution in [0.4, 0.5) is 5.69 Å². The minimum absolute atomic E-state index is 0.184. The second-order valence-electron chi connectivity index (χ2n) is 8.13. The van der Waals surface area contributed by atoms with Crippen LogP contribution in [0.5, 0.6) is 0 Å². The van der Waals surface area contributed by atoms with Crippen molar-refractivity contribution in [1.82, 2.24) is 18.8 Å². The van der Waals surface area contributed by atoms with Gasteiger partial charge in [-0.3, -0.25) is 4.79 Å². The van der Waals surface area contributed by atoms with Crippen LogP contribution < -0.4 is 5.32 Å². The van der Waals surface area contributed by atoms with E-state index in [4.69, 9.17) is 0 Å². The van der Waals surface area contributed by atoms with Crippen molar-refractivity contribution in [3.8, 4) is 5.82 Å². The van der Waals surface area contributed by atoms with E-state index in [1.165, 1.54) is 10.4 Å². The van der Waals surface area contributed by atoms with Gasteiger partial charge in [0.25, 0.3) is 5.91 Å². The molecule has 3 aromatic rings. The van der Waals surface area contributed by atoms with Crippen molar-refractivity contribution in [2.75, 3.05) is 38.0 Å². The highest BCUT2D eigenvalue weighted by atomic mass is 32.2. The molecule has 1 aliphatic heterocycles. The summed E-state index contributed by atoms with van der Waals surface area (Å²) in [5.74, 6) is 0.444. The topological polar surface area (TPSA) is 87.5 Å². The van der Waals surface area contributed by atoms with E-state index in [-0.39, 0.29) is 10.8 Å². The Kier molecular flexibility index (Phi) is 6.64. The molecule has 0 atom stereocenters. The van der Waals surface area contributed by atoms with Crippen molar-refractivity contribution < 1.29 is 13.2 Å². The van der Waals surface area contributed by atoms with E-state index in [1.54, 1.807) is 24.4 Å². The van der Waals surface area contributed by atoms with Crippen LogP contribution in [0.3, 0.4) is 0 Å². The Morgan fingerprint density at radius 3 is 2.45 bits per heavy atom. The Morgan fingerprint density at radius 1 is 1.03 bits per heavy atom. The highest BCUT2D eigenvalue weighted by Gasteiger charge is 2.28. The number of nitrogens with one attached hydrogen (secondary N) is 1. The summed E-state index contributed by atoms with van der Waals surface area (Å²) in [4.78, 5) is 19.8. The molecule has 3 heterocycles. The Hall–Kier alpha value is -3.01. The van der Waals surface area contributed by atoms with E-state index in [0.29, 0.717) is 24.3 Å². The van der Waals surface area contributed by atoms with Gasteiger partial charge in [0.15, 0.2) is 0 Å². The summed E-state index contributed by atoms with van der Waals surface area (Å²) in [5, 5.41) is 2.86. The van der Waals surface area contributed by atoms with Crippen molar-refractivity contribution in [1.29, 1.82) is 0 Å². The maximum atomic E-state index is 13.1. The monoisotopic (exact) mass is 467 g/mol. The zero-order chi connectivity index (χ0) is 23.6. The Bertz CT molecular complexity index is 1250. The van der Waals surface area contributed by atoms with Crippen LogP contribution in [-0.4, -0.2) is 65.8 Å². The molecule has 2 aromatic heterocycles. The number of sulfonamides is 1. The molecule has 4 rings (SSSR count). The fourth-order valence-electron chi connectivity index (χ4n) is 4.20. The van der Waals surface area contributed by atoms with Crippen LogP contribution in [0, 0.1) is 13.8 Å². The van der Waals surface area contributed by atoms with Crippen LogP contribution in [0.1, 0.15) is 28.7 Å². The molecule has 0 saturated carbocycles. The summed E-state index contributed by atoms with van der Waals surface area (Å²) >= 11 is 0. The lowest BCUT2D eigenvalue weighted by molar-refractivity contribution is 0.102. The first-order chi connectivity index (χ1) is 15.8. The predicted octanol–water partition coefficient (Wildman–Crippen LogP) is 3.07. The maximum Gasteiger partial charge on any atom is 0.257 e. The lowest BCUT2D eigenvalue weighted by atomic mass is 10.2. The minimum Gasteiger partial charge on any atom is -0.322 e. The van der Waals surface area contributed by atoms with E-state index >= 15 is 0 Å². The molecular weight excluding hydrogens is 438 g/mol. The van der Waals surface area contributed by atoms with Crippen LogP contribution in [0.25, 0.3) is 5.82 Å². The van der Waals surface area contributed by atoms with Crippen LogP contribution in [0.2, 0.25) is 0 Å². The number of carbonyl (C=O) groups is 1. The molecule has 0 aliphatic carbocycles. The van der Waals surface area contributed by atoms with Gasteiger partial charge in [0, 0.05) is 49.5 Å². The maximum absolute atomic E-state index is 13.1. The molecule has 1 aromatic carbocycles. The largest absolute Gasteiger partial charge is 0.322 e. The number of benzene rings is 1. The molecule has 9 heteroatoms. The molecule has 1 amide bonds. The zero-order valence-electron chi connectivity index (χ0n) is 19.2. The number of anilines is 1. The third-order valence-corrected chi connectivity index (χ3v) is 7.96. The van der Waals surface area contributed by atoms with Gasteiger partial charge in [0.2, 0.25) is 10.0 Å². The number of hydrogen-bond acceptors (Lipinski definition) is 5. The second kappa shape index (κ2) is 9.46. The summed E-state index contributed by atoms with van der Waals surface area (Å²) in [5.41, 5.74) is 2.61. The number of aromatic nitrogens is 2. The van der Waals surface area contributed by atoms with Crippen molar-refractivity contribution in [3.63, 3.8) is 0 Å². The molecule has 0 spiro atoms. The molecule has 33 heavy (non-hydrogen) atoms. The first-order valence-corrected chi connectivity index (χ1v) is 12.5. The SMILES string of the molecule is CCN1CCN(S(=O)(=O)c2cccc(NC(=O)c3cc(C)n(-c4ccccn4)c3C)c2)CC1. The number of pyridine rings is 1. The van der Waals surface area contributed by atoms with E-state index in [0.717, 1.165) is 36.8 Å². The Morgan fingerprint density at radius 2 is 1.79 bits per heavy atom. The van der Waals surface area contributed by atoms with Crippen molar-refractivity contribution >= 4 is 21.6 Å². The Labute approximate surface area is 194 Å². The van der Waals surface area contributed by atoms with Crippen LogP contribution in [0.15, 0.2) is 59.6 Å². The van der Waals surface area contributed by atoms with Gasteiger partial charge in [-0.15, -0.1) is 0 Å². The number of piperazine rings is 1. The number of nitrogens with zero attached hydrogens (tertiary/aromatic N) is 4. The number of rotatable bonds is 6. The van der Waals surface area contributed by atoms with Gasteiger partial charge in [-0.05, 0) is 56.8 Å². The second-order valence-corrected chi connectivity index (χ2v) is 10.1. The molecule has 8 nitrogen and oxygen atoms in total. The highest BCUT2D eigenvalue weighted by Crippen LogP contribution is 2.23. The zero-order valence-corrected chi connectivity index (χ0v) is 20.0. The molecule has 174 valence electrons. The van der Waals surface area contributed by atoms with Crippen LogP contribution >= 0.6 is 0 Å². The third kappa shape index (κ3) is 4.71. The molecule has 1 saturated heterocycles. The average molecular weight is 468 g/mol. The lowest BCUT2D eigenvalue weighted by Crippen LogP contribution is -2.48. The molecule has 1 fully saturated rings. The van der Waals surface area contributed by atoms with Gasteiger partial charge in [0.1, 0.15) is 5.82 Å². The Balaban J connectivity index is 1.54. The number of hydrogen-bond donors (Lipinski definition) is 1. The van der Waals surface area contributed by atoms with E-state index in [1.807, 2.05) is 42.7 Å². The van der Waals surface area contributed by atoms with Gasteiger partial charge < -0.3 is 14.8 Å². The predicted molar refractivity (Wildman–Crippen MR) is 128 cm³/mol. The van der Waals surface area contributed by atoms with Gasteiger partial charge >= 0.3 is 0 Å².